The molecule has 264 valence electrons. The molecule has 0 aliphatic heterocycles. The van der Waals surface area contributed by atoms with Crippen molar-refractivity contribution in [1.82, 2.24) is 23.8 Å². The zero-order valence-corrected chi connectivity index (χ0v) is 31.1. The maximum Gasteiger partial charge on any atom is 2.00 e. The molecular formula is C49H27N5OPd. The third-order valence-corrected chi connectivity index (χ3v) is 10.8. The third kappa shape index (κ3) is 4.69. The van der Waals surface area contributed by atoms with Crippen molar-refractivity contribution in [3.05, 3.63) is 176 Å². The molecule has 12 rings (SSSR count). The predicted molar refractivity (Wildman–Crippen MR) is 221 cm³/mol. The molecule has 6 aromatic heterocycles. The van der Waals surface area contributed by atoms with E-state index in [0.29, 0.717) is 11.5 Å². The van der Waals surface area contributed by atoms with Gasteiger partial charge in [-0.25, -0.2) is 9.97 Å². The van der Waals surface area contributed by atoms with Crippen LogP contribution >= 0.6 is 0 Å². The Morgan fingerprint density at radius 3 is 1.91 bits per heavy atom. The van der Waals surface area contributed by atoms with E-state index in [-0.39, 0.29) is 20.4 Å². The largest absolute Gasteiger partial charge is 2.00 e. The zero-order valence-electron chi connectivity index (χ0n) is 29.5. The Balaban J connectivity index is 0.00000363. The fourth-order valence-corrected chi connectivity index (χ4v) is 8.48. The van der Waals surface area contributed by atoms with Gasteiger partial charge in [0.25, 0.3) is 0 Å². The number of hydrogen-bond donors (Lipinski definition) is 0. The summed E-state index contributed by atoms with van der Waals surface area (Å²) in [6.45, 7) is 0. The van der Waals surface area contributed by atoms with Gasteiger partial charge in [-0.15, -0.1) is 29.7 Å². The van der Waals surface area contributed by atoms with E-state index in [4.69, 9.17) is 19.7 Å². The van der Waals surface area contributed by atoms with Crippen molar-refractivity contribution >= 4 is 65.7 Å². The van der Waals surface area contributed by atoms with Gasteiger partial charge in [0.1, 0.15) is 11.3 Å². The number of rotatable bonds is 5. The predicted octanol–water partition coefficient (Wildman–Crippen LogP) is 12.0. The molecule has 0 spiro atoms. The van der Waals surface area contributed by atoms with E-state index >= 15 is 0 Å². The van der Waals surface area contributed by atoms with Crippen molar-refractivity contribution in [3.8, 4) is 45.1 Å². The van der Waals surface area contributed by atoms with E-state index in [9.17, 15) is 0 Å². The van der Waals surface area contributed by atoms with Crippen molar-refractivity contribution in [2.75, 3.05) is 0 Å². The Morgan fingerprint density at radius 1 is 0.464 bits per heavy atom. The molecule has 0 aliphatic rings. The van der Waals surface area contributed by atoms with E-state index in [1.165, 1.54) is 5.39 Å². The molecule has 0 unspecified atom stereocenters. The topological polar surface area (TPSA) is 56.7 Å². The Bertz CT molecular complexity index is 3450. The van der Waals surface area contributed by atoms with Crippen molar-refractivity contribution in [3.63, 3.8) is 0 Å². The van der Waals surface area contributed by atoms with Gasteiger partial charge in [0.05, 0.1) is 17.0 Å². The normalized spacial score (nSPS) is 11.8. The molecule has 12 aromatic rings. The van der Waals surface area contributed by atoms with Gasteiger partial charge in [0, 0.05) is 51.3 Å². The monoisotopic (exact) mass is 807 g/mol. The molecule has 0 amide bonds. The molecular weight excluding hydrogens is 781 g/mol. The van der Waals surface area contributed by atoms with E-state index in [2.05, 4.69) is 124 Å². The number of hydrogen-bond acceptors (Lipinski definition) is 4. The number of aromatic nitrogens is 5. The average molecular weight is 808 g/mol. The SMILES string of the molecule is [Pd+2].[c-]1c(Oc2[c-]c3c(cc2)c2cccc4c5c(-c6ccccc6)ccnc5n3c24)ccc2c1c1nc(-c3ccccc3)c(-c3ccccc3)n1c1ncccc21. The van der Waals surface area contributed by atoms with Crippen LogP contribution in [0.3, 0.4) is 0 Å². The Morgan fingerprint density at radius 2 is 1.12 bits per heavy atom. The van der Waals surface area contributed by atoms with Crippen LogP contribution in [0.2, 0.25) is 0 Å². The van der Waals surface area contributed by atoms with Gasteiger partial charge in [-0.1, -0.05) is 138 Å². The molecule has 6 heterocycles. The van der Waals surface area contributed by atoms with Crippen molar-refractivity contribution in [2.45, 2.75) is 0 Å². The van der Waals surface area contributed by atoms with Crippen LogP contribution in [-0.4, -0.2) is 23.8 Å². The minimum atomic E-state index is 0. The quantitative estimate of drug-likeness (QED) is 0.0987. The number of fused-ring (bicyclic) bond motifs is 12. The minimum Gasteiger partial charge on any atom is -0.503 e. The molecule has 0 bridgehead atoms. The molecule has 0 saturated heterocycles. The smallest absolute Gasteiger partial charge is 0.503 e. The summed E-state index contributed by atoms with van der Waals surface area (Å²) < 4.78 is 11.1. The summed E-state index contributed by atoms with van der Waals surface area (Å²) in [7, 11) is 0. The van der Waals surface area contributed by atoms with Crippen molar-refractivity contribution < 1.29 is 25.2 Å². The average Bonchev–Trinajstić information content (AvgIpc) is 3.93. The first-order valence-electron chi connectivity index (χ1n) is 18.3. The standard InChI is InChI=1S/C49H27N5O.Pd/c1-4-12-30(13-5-1)35-25-27-51-49-43(35)40-19-10-18-38-37-24-22-34(29-42(37)53(49)46(38)40)55-33-21-23-36-39-20-11-26-50-47(39)54-45(32-16-8-3-9-17-32)44(31-14-6-2-7-15-31)52-48(54)41(36)28-33;/h1-27H;/q-2;+2. The summed E-state index contributed by atoms with van der Waals surface area (Å²) in [5, 5.41) is 7.43. The molecule has 7 heteroatoms. The van der Waals surface area contributed by atoms with Crippen molar-refractivity contribution in [1.29, 1.82) is 0 Å². The number of pyridine rings is 3. The Hall–Kier alpha value is -6.91. The van der Waals surface area contributed by atoms with E-state index in [0.717, 1.165) is 93.9 Å². The fourth-order valence-electron chi connectivity index (χ4n) is 8.48. The second kappa shape index (κ2) is 12.6. The Kier molecular flexibility index (Phi) is 7.30. The number of nitrogens with zero attached hydrogens (tertiary/aromatic N) is 5. The van der Waals surface area contributed by atoms with Gasteiger partial charge in [0.2, 0.25) is 0 Å². The summed E-state index contributed by atoms with van der Waals surface area (Å²) in [6.07, 6.45) is 3.74. The number of ether oxygens (including phenoxy) is 1. The number of imidazole rings is 1. The third-order valence-electron chi connectivity index (χ3n) is 10.8. The Labute approximate surface area is 334 Å². The van der Waals surface area contributed by atoms with Crippen molar-refractivity contribution in [2.24, 2.45) is 0 Å². The maximum absolute atomic E-state index is 6.66. The molecule has 0 saturated carbocycles. The van der Waals surface area contributed by atoms with Gasteiger partial charge >= 0.3 is 20.4 Å². The summed E-state index contributed by atoms with van der Waals surface area (Å²) >= 11 is 0. The molecule has 0 aliphatic carbocycles. The van der Waals surface area contributed by atoms with Crippen LogP contribution < -0.4 is 4.74 Å². The number of benzene rings is 6. The summed E-state index contributed by atoms with van der Waals surface area (Å²) in [6, 6.07) is 59.4. The van der Waals surface area contributed by atoms with E-state index < -0.39 is 0 Å². The van der Waals surface area contributed by atoms with Crippen LogP contribution in [0, 0.1) is 12.1 Å². The zero-order chi connectivity index (χ0) is 36.0. The first-order chi connectivity index (χ1) is 27.3. The van der Waals surface area contributed by atoms with Gasteiger partial charge in [-0.05, 0) is 34.0 Å². The molecule has 6 aromatic carbocycles. The second-order valence-corrected chi connectivity index (χ2v) is 13.8. The first kappa shape index (κ1) is 32.5. The van der Waals surface area contributed by atoms with Crippen LogP contribution in [0.15, 0.2) is 164 Å². The first-order valence-corrected chi connectivity index (χ1v) is 18.3. The van der Waals surface area contributed by atoms with Crippen LogP contribution in [0.4, 0.5) is 0 Å². The van der Waals surface area contributed by atoms with Crippen LogP contribution in [0.25, 0.3) is 99.3 Å². The maximum atomic E-state index is 6.66. The summed E-state index contributed by atoms with van der Waals surface area (Å²) in [5.41, 5.74) is 10.8. The minimum absolute atomic E-state index is 0. The molecule has 0 radical (unpaired) electrons. The molecule has 0 N–H and O–H groups in total. The summed E-state index contributed by atoms with van der Waals surface area (Å²) in [4.78, 5) is 15.2. The van der Waals surface area contributed by atoms with E-state index in [1.807, 2.05) is 60.9 Å². The summed E-state index contributed by atoms with van der Waals surface area (Å²) in [5.74, 6) is 1.16. The van der Waals surface area contributed by atoms with Gasteiger partial charge in [-0.2, -0.15) is 6.07 Å². The molecule has 0 fully saturated rings. The van der Waals surface area contributed by atoms with Gasteiger partial charge in [-0.3, -0.25) is 4.98 Å². The van der Waals surface area contributed by atoms with Gasteiger partial charge in [0.15, 0.2) is 0 Å². The van der Waals surface area contributed by atoms with Gasteiger partial charge < -0.3 is 13.5 Å². The molecule has 56 heavy (non-hydrogen) atoms. The van der Waals surface area contributed by atoms with E-state index in [1.54, 1.807) is 0 Å². The molecule has 0 atom stereocenters. The second-order valence-electron chi connectivity index (χ2n) is 13.8. The fraction of sp³-hybridized carbons (Fsp3) is 0. The van der Waals surface area contributed by atoms with Crippen LogP contribution in [0.1, 0.15) is 0 Å². The molecule has 6 nitrogen and oxygen atoms in total. The van der Waals surface area contributed by atoms with Crippen LogP contribution in [0.5, 0.6) is 11.5 Å². The number of para-hydroxylation sites is 1. The van der Waals surface area contributed by atoms with Crippen LogP contribution in [-0.2, 0) is 20.4 Å².